The molecule has 3 nitrogen and oxygen atoms in total. The first kappa shape index (κ1) is 16.7. The molecule has 1 saturated carbocycles. The summed E-state index contributed by atoms with van der Waals surface area (Å²) in [6, 6.07) is 4.14. The standard InChI is InChI=1S/C19H28N2O/c1-4-19(2,3)16-8-10-17(11-9-16)21-18(22)12-7-15-6-5-13-20-14-15/h5-7,12-14,16-17H,4,8-11H2,1-3H3,(H,21,22). The highest BCUT2D eigenvalue weighted by Crippen LogP contribution is 2.40. The van der Waals surface area contributed by atoms with Gasteiger partial charge in [0.05, 0.1) is 0 Å². The summed E-state index contributed by atoms with van der Waals surface area (Å²) in [6.07, 6.45) is 12.8. The van der Waals surface area contributed by atoms with Gasteiger partial charge in [0.1, 0.15) is 0 Å². The predicted molar refractivity (Wildman–Crippen MR) is 91.2 cm³/mol. The minimum Gasteiger partial charge on any atom is -0.350 e. The maximum absolute atomic E-state index is 12.0. The number of hydrogen-bond donors (Lipinski definition) is 1. The molecule has 1 N–H and O–H groups in total. The van der Waals surface area contributed by atoms with E-state index in [0.717, 1.165) is 24.3 Å². The summed E-state index contributed by atoms with van der Waals surface area (Å²) in [5.41, 5.74) is 1.38. The Hall–Kier alpha value is -1.64. The first-order valence-corrected chi connectivity index (χ1v) is 8.40. The highest BCUT2D eigenvalue weighted by Gasteiger charge is 2.31. The largest absolute Gasteiger partial charge is 0.350 e. The highest BCUT2D eigenvalue weighted by atomic mass is 16.1. The van der Waals surface area contributed by atoms with Crippen LogP contribution < -0.4 is 5.32 Å². The van der Waals surface area contributed by atoms with Gasteiger partial charge < -0.3 is 5.32 Å². The van der Waals surface area contributed by atoms with E-state index in [1.54, 1.807) is 18.5 Å². The number of nitrogens with zero attached hydrogens (tertiary/aromatic N) is 1. The SMILES string of the molecule is CCC(C)(C)C1CCC(NC(=O)C=Cc2cccnc2)CC1. The fourth-order valence-corrected chi connectivity index (χ4v) is 3.20. The van der Waals surface area contributed by atoms with Gasteiger partial charge in [-0.15, -0.1) is 0 Å². The van der Waals surface area contributed by atoms with Crippen LogP contribution in [-0.4, -0.2) is 16.9 Å². The minimum absolute atomic E-state index is 0.00190. The van der Waals surface area contributed by atoms with Crippen molar-refractivity contribution in [3.8, 4) is 0 Å². The van der Waals surface area contributed by atoms with Gasteiger partial charge in [0.25, 0.3) is 0 Å². The maximum atomic E-state index is 12.0. The Balaban J connectivity index is 1.79. The lowest BCUT2D eigenvalue weighted by Crippen LogP contribution is -2.39. The Kier molecular flexibility index (Phi) is 5.76. The Morgan fingerprint density at radius 1 is 1.36 bits per heavy atom. The normalized spacial score (nSPS) is 22.7. The van der Waals surface area contributed by atoms with E-state index in [2.05, 4.69) is 31.1 Å². The molecule has 1 amide bonds. The molecule has 1 aromatic rings. The van der Waals surface area contributed by atoms with Gasteiger partial charge in [0.15, 0.2) is 0 Å². The molecule has 0 spiro atoms. The molecule has 2 rings (SSSR count). The van der Waals surface area contributed by atoms with Gasteiger partial charge in [-0.3, -0.25) is 9.78 Å². The molecule has 0 aromatic carbocycles. The summed E-state index contributed by atoms with van der Waals surface area (Å²) in [5, 5.41) is 3.13. The van der Waals surface area contributed by atoms with E-state index in [1.165, 1.54) is 19.3 Å². The molecule has 1 aliphatic rings. The molecule has 120 valence electrons. The number of aromatic nitrogens is 1. The summed E-state index contributed by atoms with van der Waals surface area (Å²) in [7, 11) is 0. The van der Waals surface area contributed by atoms with Gasteiger partial charge in [-0.25, -0.2) is 0 Å². The van der Waals surface area contributed by atoms with E-state index < -0.39 is 0 Å². The van der Waals surface area contributed by atoms with E-state index in [9.17, 15) is 4.79 Å². The molecule has 22 heavy (non-hydrogen) atoms. The third kappa shape index (κ3) is 4.69. The fourth-order valence-electron chi connectivity index (χ4n) is 3.20. The van der Waals surface area contributed by atoms with Crippen molar-refractivity contribution in [2.24, 2.45) is 11.3 Å². The fraction of sp³-hybridized carbons (Fsp3) is 0.579. The number of pyridine rings is 1. The molecule has 1 heterocycles. The van der Waals surface area contributed by atoms with Crippen molar-refractivity contribution in [1.29, 1.82) is 0 Å². The van der Waals surface area contributed by atoms with Gasteiger partial charge in [-0.1, -0.05) is 33.3 Å². The van der Waals surface area contributed by atoms with Crippen molar-refractivity contribution in [1.82, 2.24) is 10.3 Å². The lowest BCUT2D eigenvalue weighted by molar-refractivity contribution is -0.117. The zero-order valence-electron chi connectivity index (χ0n) is 14.0. The van der Waals surface area contributed by atoms with Crippen LogP contribution in [0.4, 0.5) is 0 Å². The molecule has 1 fully saturated rings. The lowest BCUT2D eigenvalue weighted by Gasteiger charge is -2.39. The average Bonchev–Trinajstić information content (AvgIpc) is 2.54. The molecule has 0 atom stereocenters. The van der Waals surface area contributed by atoms with E-state index in [0.29, 0.717) is 11.5 Å². The van der Waals surface area contributed by atoms with Gasteiger partial charge in [0, 0.05) is 24.5 Å². The van der Waals surface area contributed by atoms with Crippen molar-refractivity contribution in [3.05, 3.63) is 36.2 Å². The van der Waals surface area contributed by atoms with Crippen molar-refractivity contribution >= 4 is 12.0 Å². The summed E-state index contributed by atoms with van der Waals surface area (Å²) < 4.78 is 0. The van der Waals surface area contributed by atoms with Crippen molar-refractivity contribution in [2.45, 2.75) is 58.9 Å². The van der Waals surface area contributed by atoms with Gasteiger partial charge in [0.2, 0.25) is 5.91 Å². The van der Waals surface area contributed by atoms with Crippen molar-refractivity contribution in [3.63, 3.8) is 0 Å². The smallest absolute Gasteiger partial charge is 0.244 e. The van der Waals surface area contributed by atoms with Crippen LogP contribution in [-0.2, 0) is 4.79 Å². The summed E-state index contributed by atoms with van der Waals surface area (Å²) in [4.78, 5) is 16.0. The van der Waals surface area contributed by atoms with Crippen LogP contribution in [0.25, 0.3) is 6.08 Å². The average molecular weight is 300 g/mol. The number of nitrogens with one attached hydrogen (secondary N) is 1. The van der Waals surface area contributed by atoms with Crippen LogP contribution in [0.2, 0.25) is 0 Å². The molecule has 1 aromatic heterocycles. The quantitative estimate of drug-likeness (QED) is 0.828. The number of amides is 1. The highest BCUT2D eigenvalue weighted by molar-refractivity contribution is 5.91. The number of hydrogen-bond acceptors (Lipinski definition) is 2. The summed E-state index contributed by atoms with van der Waals surface area (Å²) >= 11 is 0. The second-order valence-electron chi connectivity index (χ2n) is 7.02. The predicted octanol–water partition coefficient (Wildman–Crippen LogP) is 4.21. The Labute approximate surface area is 134 Å². The van der Waals surface area contributed by atoms with Crippen LogP contribution >= 0.6 is 0 Å². The first-order valence-electron chi connectivity index (χ1n) is 8.40. The minimum atomic E-state index is 0.00190. The molecule has 1 aliphatic carbocycles. The summed E-state index contributed by atoms with van der Waals surface area (Å²) in [5.74, 6) is 0.790. The Bertz CT molecular complexity index is 499. The summed E-state index contributed by atoms with van der Waals surface area (Å²) in [6.45, 7) is 7.01. The van der Waals surface area contributed by atoms with Crippen LogP contribution in [0.1, 0.15) is 58.4 Å². The molecule has 0 radical (unpaired) electrons. The van der Waals surface area contributed by atoms with E-state index in [-0.39, 0.29) is 5.91 Å². The zero-order chi connectivity index (χ0) is 16.0. The van der Waals surface area contributed by atoms with Crippen molar-refractivity contribution < 1.29 is 4.79 Å². The molecule has 0 bridgehead atoms. The number of rotatable bonds is 5. The van der Waals surface area contributed by atoms with E-state index >= 15 is 0 Å². The van der Waals surface area contributed by atoms with E-state index in [4.69, 9.17) is 0 Å². The van der Waals surface area contributed by atoms with Gasteiger partial charge >= 0.3 is 0 Å². The second kappa shape index (κ2) is 7.57. The third-order valence-corrected chi connectivity index (χ3v) is 5.20. The monoisotopic (exact) mass is 300 g/mol. The van der Waals surface area contributed by atoms with Crippen LogP contribution in [0.5, 0.6) is 0 Å². The second-order valence-corrected chi connectivity index (χ2v) is 7.02. The molecule has 0 unspecified atom stereocenters. The molecule has 0 saturated heterocycles. The maximum Gasteiger partial charge on any atom is 0.244 e. The van der Waals surface area contributed by atoms with Crippen LogP contribution in [0, 0.1) is 11.3 Å². The van der Waals surface area contributed by atoms with E-state index in [1.807, 2.05) is 18.2 Å². The molecular formula is C19H28N2O. The van der Waals surface area contributed by atoms with Crippen molar-refractivity contribution in [2.75, 3.05) is 0 Å². The van der Waals surface area contributed by atoms with Crippen LogP contribution in [0.3, 0.4) is 0 Å². The van der Waals surface area contributed by atoms with Gasteiger partial charge in [-0.2, -0.15) is 0 Å². The third-order valence-electron chi connectivity index (χ3n) is 5.20. The molecule has 3 heteroatoms. The topological polar surface area (TPSA) is 42.0 Å². The van der Waals surface area contributed by atoms with Crippen LogP contribution in [0.15, 0.2) is 30.6 Å². The first-order chi connectivity index (χ1) is 10.5. The van der Waals surface area contributed by atoms with Gasteiger partial charge in [-0.05, 0) is 54.7 Å². The molecular weight excluding hydrogens is 272 g/mol. The lowest BCUT2D eigenvalue weighted by atomic mass is 9.69. The zero-order valence-corrected chi connectivity index (χ0v) is 14.0. The number of carbonyl (C=O) groups is 1. The Morgan fingerprint density at radius 2 is 2.09 bits per heavy atom. The number of carbonyl (C=O) groups excluding carboxylic acids is 1. The Morgan fingerprint density at radius 3 is 2.68 bits per heavy atom. The molecule has 0 aliphatic heterocycles.